The van der Waals surface area contributed by atoms with Crippen LogP contribution < -0.4 is 75.3 Å². The van der Waals surface area contributed by atoms with Crippen molar-refractivity contribution in [1.29, 1.82) is 0 Å². The van der Waals surface area contributed by atoms with Gasteiger partial charge in [0.05, 0.1) is 6.10 Å². The standard InChI is InChI=1S/C75H125N15O16/c1-18-44(14)59(71(101)89-62-47(17)106-75(105)58(43(12)13)85-63(93)49(20-3)78-66(96)52(38-48-29-22-21-23-30-48)81-68(98)56(41(8)9)83-70(100)60(45(15)19-2)87-73(62)103)86-65(95)50(31-25-35-76)79-67(97)53-33-27-37-90(53)74(104)57(42(10)11)84-64(94)51(32-26-36-77)80-72(102)61(46(16)91)88-69(99)55(40(6)7)82-54(92)34-24-28-39(4)5/h20-23,29-30,39-47,50-53,55-62,91H,18-19,24-28,31-38,76-77H2,1-17H3,(H,78,96)(H,79,97)(H,80,102)(H,81,98)(H,82,92)(H,83,100)(H,84,94)(H,85,93)(H,86,95)(H,87,103)(H,88,99)(H,89,101)/b49-20-/t44-,45-,46+,47+,50-,51-,52-,53+,55+,56+,57+,58-,59+,60+,61-,62+/m0/s1. The lowest BCUT2D eigenvalue weighted by molar-refractivity contribution is -0.157. The second-order valence-electron chi connectivity index (χ2n) is 29.9. The number of carbonyl (C=O) groups is 14. The molecular weight excluding hydrogens is 1370 g/mol. The fourth-order valence-electron chi connectivity index (χ4n) is 12.2. The van der Waals surface area contributed by atoms with E-state index in [0.29, 0.717) is 30.7 Å². The van der Waals surface area contributed by atoms with E-state index in [2.05, 4.69) is 63.8 Å². The lowest BCUT2D eigenvalue weighted by atomic mass is 9.95. The fourth-order valence-corrected chi connectivity index (χ4v) is 12.2. The van der Waals surface area contributed by atoms with E-state index >= 15 is 9.59 Å². The molecule has 0 spiro atoms. The van der Waals surface area contributed by atoms with E-state index in [-0.39, 0.29) is 82.6 Å². The van der Waals surface area contributed by atoms with E-state index in [1.54, 1.807) is 113 Å². The highest BCUT2D eigenvalue weighted by atomic mass is 16.5. The van der Waals surface area contributed by atoms with Gasteiger partial charge < -0.3 is 90.0 Å². The summed E-state index contributed by atoms with van der Waals surface area (Å²) in [6.07, 6.45) is 1.14. The molecule has 2 heterocycles. The van der Waals surface area contributed by atoms with Crippen LogP contribution in [0.5, 0.6) is 0 Å². The number of cyclic esters (lactones) is 1. The lowest BCUT2D eigenvalue weighted by Crippen LogP contribution is -2.64. The maximum atomic E-state index is 15.1. The quantitative estimate of drug-likeness (QED) is 0.0332. The number of rotatable bonds is 35. The highest BCUT2D eigenvalue weighted by Crippen LogP contribution is 2.23. The summed E-state index contributed by atoms with van der Waals surface area (Å²) in [5.74, 6) is -14.7. The van der Waals surface area contributed by atoms with Gasteiger partial charge >= 0.3 is 5.97 Å². The minimum atomic E-state index is -1.83. The Morgan fingerprint density at radius 1 is 0.604 bits per heavy atom. The van der Waals surface area contributed by atoms with Crippen LogP contribution in [-0.2, 0) is 78.3 Å². The van der Waals surface area contributed by atoms with Gasteiger partial charge in [0.1, 0.15) is 84.3 Å². The van der Waals surface area contributed by atoms with Gasteiger partial charge in [-0.25, -0.2) is 4.79 Å². The van der Waals surface area contributed by atoms with Crippen LogP contribution >= 0.6 is 0 Å². The molecule has 3 rings (SSSR count). The second-order valence-corrected chi connectivity index (χ2v) is 29.9. The van der Waals surface area contributed by atoms with E-state index in [1.807, 2.05) is 13.8 Å². The zero-order valence-corrected chi connectivity index (χ0v) is 65.4. The summed E-state index contributed by atoms with van der Waals surface area (Å²) in [4.78, 5) is 202. The van der Waals surface area contributed by atoms with Crippen LogP contribution in [0.3, 0.4) is 0 Å². The SMILES string of the molecule is C/C=C1\NC(=O)[C@H](Cc2ccccc2)NC(=O)[C@@H](C(C)C)NC(=O)[C@@H]([C@@H](C)CC)NC(=O)[C@H](NC(=O)[C@H](NC(=O)[C@H](CCCN)NC(=O)[C@H]2CCCN2C(=O)[C@H](NC(=O)[C@H](CCCN)NC(=O)[C@@H](NC(=O)[C@H](NC(=O)CCCC(C)C)C(C)C)[C@@H](C)O)C(C)C)[C@@H](C)CC)[C@@H](C)OC(=O)[C@H](C(C)C)NC1=O. The molecule has 106 heavy (non-hydrogen) atoms. The van der Waals surface area contributed by atoms with Gasteiger partial charge in [0, 0.05) is 19.4 Å². The maximum absolute atomic E-state index is 15.1. The lowest BCUT2D eigenvalue weighted by Gasteiger charge is -2.33. The Morgan fingerprint density at radius 2 is 1.15 bits per heavy atom. The molecule has 596 valence electrons. The molecule has 2 aliphatic heterocycles. The predicted octanol–water partition coefficient (Wildman–Crippen LogP) is 0.919. The Morgan fingerprint density at radius 3 is 1.68 bits per heavy atom. The van der Waals surface area contributed by atoms with Gasteiger partial charge in [-0.3, -0.25) is 62.3 Å². The first-order valence-corrected chi connectivity index (χ1v) is 37.8. The maximum Gasteiger partial charge on any atom is 0.329 e. The van der Waals surface area contributed by atoms with Crippen molar-refractivity contribution in [2.24, 2.45) is 52.9 Å². The van der Waals surface area contributed by atoms with Crippen molar-refractivity contribution in [2.75, 3.05) is 19.6 Å². The smallest absolute Gasteiger partial charge is 0.329 e. The summed E-state index contributed by atoms with van der Waals surface area (Å²) in [5.41, 5.74) is 12.2. The monoisotopic (exact) mass is 1490 g/mol. The van der Waals surface area contributed by atoms with Gasteiger partial charge in [-0.2, -0.15) is 0 Å². The number of nitrogens with one attached hydrogen (secondary N) is 12. The number of aliphatic hydroxyl groups is 1. The molecule has 1 aromatic carbocycles. The van der Waals surface area contributed by atoms with E-state index < -0.39 is 197 Å². The average molecular weight is 1490 g/mol. The van der Waals surface area contributed by atoms with E-state index in [0.717, 1.165) is 6.42 Å². The first-order chi connectivity index (χ1) is 49.9. The highest BCUT2D eigenvalue weighted by molar-refractivity contribution is 6.03. The van der Waals surface area contributed by atoms with Crippen molar-refractivity contribution in [3.63, 3.8) is 0 Å². The van der Waals surface area contributed by atoms with Crippen LogP contribution in [0.1, 0.15) is 194 Å². The molecule has 0 radical (unpaired) electrons. The van der Waals surface area contributed by atoms with Crippen LogP contribution in [0.25, 0.3) is 0 Å². The summed E-state index contributed by atoms with van der Waals surface area (Å²) in [6, 6.07) is -7.79. The van der Waals surface area contributed by atoms with Gasteiger partial charge in [-0.1, -0.05) is 153 Å². The van der Waals surface area contributed by atoms with Gasteiger partial charge in [-0.15, -0.1) is 0 Å². The van der Waals surface area contributed by atoms with Crippen LogP contribution in [-0.4, -0.2) is 197 Å². The van der Waals surface area contributed by atoms with Gasteiger partial charge in [0.25, 0.3) is 5.91 Å². The number of benzene rings is 1. The molecule has 13 amide bonds. The van der Waals surface area contributed by atoms with Gasteiger partial charge in [-0.05, 0) is 126 Å². The number of aliphatic hydroxyl groups excluding tert-OH is 1. The molecule has 17 N–H and O–H groups in total. The molecule has 16 atom stereocenters. The number of nitrogens with two attached hydrogens (primary N) is 2. The Hall–Kier alpha value is -8.58. The molecule has 2 aliphatic rings. The van der Waals surface area contributed by atoms with Crippen molar-refractivity contribution in [3.8, 4) is 0 Å². The van der Waals surface area contributed by atoms with Crippen LogP contribution in [0.15, 0.2) is 42.1 Å². The molecule has 0 unspecified atom stereocenters. The minimum absolute atomic E-state index is 0.0264. The molecule has 2 fully saturated rings. The highest BCUT2D eigenvalue weighted by Gasteiger charge is 2.44. The number of carbonyl (C=O) groups excluding carboxylic acids is 14. The van der Waals surface area contributed by atoms with Crippen LogP contribution in [0.4, 0.5) is 0 Å². The summed E-state index contributed by atoms with van der Waals surface area (Å²) in [7, 11) is 0. The molecule has 0 saturated carbocycles. The van der Waals surface area contributed by atoms with E-state index in [4.69, 9.17) is 16.2 Å². The number of nitrogens with zero attached hydrogens (tertiary/aromatic N) is 1. The number of allylic oxidation sites excluding steroid dienone is 1. The van der Waals surface area contributed by atoms with Crippen molar-refractivity contribution in [3.05, 3.63) is 47.7 Å². The third-order valence-corrected chi connectivity index (χ3v) is 19.3. The van der Waals surface area contributed by atoms with Crippen molar-refractivity contribution in [1.82, 2.24) is 68.7 Å². The third-order valence-electron chi connectivity index (χ3n) is 19.3. The molecule has 0 aromatic heterocycles. The summed E-state index contributed by atoms with van der Waals surface area (Å²) >= 11 is 0. The normalized spacial score (nSPS) is 22.4. The number of amides is 13. The average Bonchev–Trinajstić information content (AvgIpc) is 1.81. The summed E-state index contributed by atoms with van der Waals surface area (Å²) in [6.45, 7) is 28.5. The Balaban J connectivity index is 2.01. The number of likely N-dealkylation sites (tertiary alicyclic amines) is 1. The molecule has 0 aliphatic carbocycles. The topological polar surface area (TPSA) is 468 Å². The van der Waals surface area contributed by atoms with Crippen molar-refractivity contribution >= 4 is 82.8 Å². The predicted molar refractivity (Wildman–Crippen MR) is 399 cm³/mol. The van der Waals surface area contributed by atoms with Crippen LogP contribution in [0.2, 0.25) is 0 Å². The van der Waals surface area contributed by atoms with Crippen molar-refractivity contribution in [2.45, 2.75) is 279 Å². The van der Waals surface area contributed by atoms with Gasteiger partial charge in [0.15, 0.2) is 0 Å². The Kier molecular flexibility index (Phi) is 39.0. The summed E-state index contributed by atoms with van der Waals surface area (Å²) < 4.78 is 5.96. The molecule has 2 saturated heterocycles. The minimum Gasteiger partial charge on any atom is -0.458 e. The largest absolute Gasteiger partial charge is 0.458 e. The number of esters is 1. The van der Waals surface area contributed by atoms with Crippen LogP contribution in [0, 0.1) is 41.4 Å². The Labute approximate surface area is 625 Å². The third kappa shape index (κ3) is 28.3. The van der Waals surface area contributed by atoms with E-state index in [1.165, 1.54) is 31.7 Å². The molecule has 0 bridgehead atoms. The molecule has 1 aromatic rings. The summed E-state index contributed by atoms with van der Waals surface area (Å²) in [5, 5.41) is 43.1. The first kappa shape index (κ1) is 91.6. The number of hydrogen-bond acceptors (Lipinski definition) is 18. The van der Waals surface area contributed by atoms with Crippen molar-refractivity contribution < 1.29 is 77.0 Å². The molecule has 31 nitrogen and oxygen atoms in total. The molecule has 31 heteroatoms. The number of hydrogen-bond donors (Lipinski definition) is 15. The first-order valence-electron chi connectivity index (χ1n) is 37.8. The molecular formula is C75H125N15O16. The second kappa shape index (κ2) is 45.2. The Bertz CT molecular complexity index is 3160. The fraction of sp³-hybridized carbons (Fsp3) is 0.707. The van der Waals surface area contributed by atoms with Gasteiger partial charge in [0.2, 0.25) is 70.9 Å². The number of ether oxygens (including phenoxy) is 1. The van der Waals surface area contributed by atoms with E-state index in [9.17, 15) is 62.6 Å². The zero-order valence-electron chi connectivity index (χ0n) is 65.4. The zero-order chi connectivity index (χ0) is 80.0.